The van der Waals surface area contributed by atoms with Gasteiger partial charge in [-0.3, -0.25) is 4.79 Å². The summed E-state index contributed by atoms with van der Waals surface area (Å²) >= 11 is 6.04. The number of aryl methyl sites for hydroxylation is 2. The maximum Gasteiger partial charge on any atom is 0.195 e. The summed E-state index contributed by atoms with van der Waals surface area (Å²) in [6.45, 7) is 6.05. The highest BCUT2D eigenvalue weighted by Gasteiger charge is 2.50. The third-order valence-electron chi connectivity index (χ3n) is 6.05. The van der Waals surface area contributed by atoms with Crippen LogP contribution in [0.3, 0.4) is 0 Å². The Balaban J connectivity index is 1.92. The molecule has 0 amide bonds. The van der Waals surface area contributed by atoms with Crippen LogP contribution >= 0.6 is 11.6 Å². The van der Waals surface area contributed by atoms with E-state index in [0.29, 0.717) is 23.4 Å². The summed E-state index contributed by atoms with van der Waals surface area (Å²) in [5.74, 6) is 0.00557. The zero-order chi connectivity index (χ0) is 20.1. The Labute approximate surface area is 171 Å². The van der Waals surface area contributed by atoms with E-state index in [2.05, 4.69) is 26.0 Å². The highest BCUT2D eigenvalue weighted by Crippen LogP contribution is 2.46. The van der Waals surface area contributed by atoms with E-state index in [1.807, 2.05) is 31.2 Å². The van der Waals surface area contributed by atoms with Gasteiger partial charge >= 0.3 is 0 Å². The van der Waals surface area contributed by atoms with Gasteiger partial charge in [0.2, 0.25) is 0 Å². The lowest BCUT2D eigenvalue weighted by atomic mass is 9.83. The number of benzene rings is 2. The Hall–Kier alpha value is -2.10. The monoisotopic (exact) mass is 396 g/mol. The molecule has 0 saturated carbocycles. The Kier molecular flexibility index (Phi) is 4.84. The number of Topliss-reactive ketones (excluding diaryl/α,β-unsaturated/α-hetero) is 1. The van der Waals surface area contributed by atoms with Gasteiger partial charge in [0.05, 0.1) is 5.57 Å². The van der Waals surface area contributed by atoms with Gasteiger partial charge in [0.25, 0.3) is 0 Å². The summed E-state index contributed by atoms with van der Waals surface area (Å²) in [4.78, 5) is 13.1. The van der Waals surface area contributed by atoms with E-state index < -0.39 is 11.7 Å². The van der Waals surface area contributed by atoms with Crippen LogP contribution in [0.25, 0.3) is 16.7 Å². The molecule has 2 aromatic rings. The van der Waals surface area contributed by atoms with Gasteiger partial charge in [-0.2, -0.15) is 0 Å². The van der Waals surface area contributed by atoms with Gasteiger partial charge in [-0.15, -0.1) is 0 Å². The van der Waals surface area contributed by atoms with Crippen molar-refractivity contribution in [3.05, 3.63) is 63.9 Å². The van der Waals surface area contributed by atoms with E-state index >= 15 is 0 Å². The number of carbonyl (C=O) groups excluding carboxylic acids is 1. The number of ether oxygens (including phenoxy) is 1. The lowest BCUT2D eigenvalue weighted by Gasteiger charge is -2.32. The van der Waals surface area contributed by atoms with Crippen molar-refractivity contribution in [1.29, 1.82) is 0 Å². The fraction of sp³-hybridized carbons (Fsp3) is 0.375. The first-order valence-corrected chi connectivity index (χ1v) is 10.3. The molecule has 0 radical (unpaired) electrons. The van der Waals surface area contributed by atoms with Crippen molar-refractivity contribution in [2.75, 3.05) is 0 Å². The quantitative estimate of drug-likeness (QED) is 0.697. The molecule has 2 atom stereocenters. The van der Waals surface area contributed by atoms with E-state index in [0.717, 1.165) is 40.7 Å². The van der Waals surface area contributed by atoms with Crippen LogP contribution in [-0.4, -0.2) is 22.6 Å². The minimum absolute atomic E-state index is 0.0869. The largest absolute Gasteiger partial charge is 0.508 e. The topological polar surface area (TPSA) is 46.5 Å². The molecule has 4 rings (SSSR count). The lowest BCUT2D eigenvalue weighted by molar-refractivity contribution is -0.130. The molecule has 2 aromatic carbocycles. The van der Waals surface area contributed by atoms with Crippen molar-refractivity contribution in [3.63, 3.8) is 0 Å². The zero-order valence-corrected chi connectivity index (χ0v) is 17.3. The second-order valence-corrected chi connectivity index (χ2v) is 8.28. The number of ketones is 1. The van der Waals surface area contributed by atoms with Crippen LogP contribution in [-0.2, 0) is 22.4 Å². The summed E-state index contributed by atoms with van der Waals surface area (Å²) in [7, 11) is 0. The standard InChI is InChI=1S/C24H25ClO3/c1-4-14-12-17(16-6-8-18(25)9-7-16)13-15(5-2)20(14)21-22(26)19-10-11-24(3,28-19)23(21)27/h6-9,12-13,19,27H,4-5,10-11H2,1-3H3. The van der Waals surface area contributed by atoms with Crippen molar-refractivity contribution in [2.24, 2.45) is 0 Å². The first-order valence-electron chi connectivity index (χ1n) is 9.95. The van der Waals surface area contributed by atoms with E-state index in [1.54, 1.807) is 0 Å². The Morgan fingerprint density at radius 2 is 1.71 bits per heavy atom. The average Bonchev–Trinajstić information content (AvgIpc) is 3.08. The Morgan fingerprint density at radius 3 is 2.29 bits per heavy atom. The van der Waals surface area contributed by atoms with Crippen molar-refractivity contribution < 1.29 is 14.6 Å². The van der Waals surface area contributed by atoms with Gasteiger partial charge in [0.1, 0.15) is 17.5 Å². The number of hydrogen-bond acceptors (Lipinski definition) is 3. The second kappa shape index (κ2) is 7.06. The molecule has 0 aliphatic carbocycles. The van der Waals surface area contributed by atoms with E-state index in [1.165, 1.54) is 0 Å². The van der Waals surface area contributed by atoms with E-state index in [-0.39, 0.29) is 11.5 Å². The van der Waals surface area contributed by atoms with Crippen LogP contribution in [0.15, 0.2) is 42.2 Å². The molecule has 3 nitrogen and oxygen atoms in total. The Morgan fingerprint density at radius 1 is 1.11 bits per heavy atom. The van der Waals surface area contributed by atoms with E-state index in [9.17, 15) is 9.90 Å². The van der Waals surface area contributed by atoms with Crippen molar-refractivity contribution in [2.45, 2.75) is 58.2 Å². The van der Waals surface area contributed by atoms with Gasteiger partial charge in [-0.25, -0.2) is 0 Å². The molecule has 0 spiro atoms. The van der Waals surface area contributed by atoms with Crippen LogP contribution in [0.5, 0.6) is 0 Å². The van der Waals surface area contributed by atoms with Crippen molar-refractivity contribution >= 4 is 23.0 Å². The first-order chi connectivity index (χ1) is 13.4. The van der Waals surface area contributed by atoms with Gasteiger partial charge in [-0.05, 0) is 72.6 Å². The SMILES string of the molecule is CCc1cc(-c2ccc(Cl)cc2)cc(CC)c1C1=C(O)C2(C)CCC(O2)C1=O. The number of fused-ring (bicyclic) bond motifs is 2. The minimum atomic E-state index is -0.751. The smallest absolute Gasteiger partial charge is 0.195 e. The minimum Gasteiger partial charge on any atom is -0.508 e. The number of rotatable bonds is 4. The van der Waals surface area contributed by atoms with Crippen LogP contribution in [0.2, 0.25) is 5.02 Å². The van der Waals surface area contributed by atoms with Gasteiger partial charge in [0.15, 0.2) is 5.78 Å². The lowest BCUT2D eigenvalue weighted by Crippen LogP contribution is -2.38. The van der Waals surface area contributed by atoms with Gasteiger partial charge < -0.3 is 9.84 Å². The molecule has 2 heterocycles. The number of aliphatic hydroxyl groups is 1. The second-order valence-electron chi connectivity index (χ2n) is 7.85. The summed E-state index contributed by atoms with van der Waals surface area (Å²) in [5, 5.41) is 11.7. The molecule has 1 fully saturated rings. The summed E-state index contributed by atoms with van der Waals surface area (Å²) in [5.41, 5.74) is 4.94. The number of hydrogen-bond donors (Lipinski definition) is 1. The first kappa shape index (κ1) is 19.2. The van der Waals surface area contributed by atoms with Gasteiger partial charge in [-0.1, -0.05) is 49.7 Å². The number of aliphatic hydroxyl groups excluding tert-OH is 1. The molecule has 4 heteroatoms. The molecular weight excluding hydrogens is 372 g/mol. The molecule has 0 aromatic heterocycles. The van der Waals surface area contributed by atoms with Crippen LogP contribution in [0.1, 0.15) is 50.3 Å². The molecule has 28 heavy (non-hydrogen) atoms. The molecule has 1 saturated heterocycles. The third kappa shape index (κ3) is 2.98. The van der Waals surface area contributed by atoms with Gasteiger partial charge in [0, 0.05) is 5.02 Å². The van der Waals surface area contributed by atoms with Crippen molar-refractivity contribution in [1.82, 2.24) is 0 Å². The van der Waals surface area contributed by atoms with Crippen LogP contribution in [0.4, 0.5) is 0 Å². The summed E-state index contributed by atoms with van der Waals surface area (Å²) in [6.07, 6.45) is 2.44. The van der Waals surface area contributed by atoms with Crippen molar-refractivity contribution in [3.8, 4) is 11.1 Å². The third-order valence-corrected chi connectivity index (χ3v) is 6.31. The number of carbonyl (C=O) groups is 1. The molecular formula is C24H25ClO3. The Bertz CT molecular complexity index is 949. The fourth-order valence-corrected chi connectivity index (χ4v) is 4.56. The summed E-state index contributed by atoms with van der Waals surface area (Å²) in [6, 6.07) is 12.0. The molecule has 2 aliphatic heterocycles. The molecule has 2 bridgehead atoms. The normalized spacial score (nSPS) is 24.1. The zero-order valence-electron chi connectivity index (χ0n) is 16.5. The molecule has 1 N–H and O–H groups in total. The molecule has 2 unspecified atom stereocenters. The average molecular weight is 397 g/mol. The highest BCUT2D eigenvalue weighted by molar-refractivity contribution is 6.30. The fourth-order valence-electron chi connectivity index (χ4n) is 4.44. The number of halogens is 1. The maximum absolute atomic E-state index is 13.1. The predicted octanol–water partition coefficient (Wildman–Crippen LogP) is 5.92. The molecule has 146 valence electrons. The molecule has 2 aliphatic rings. The summed E-state index contributed by atoms with van der Waals surface area (Å²) < 4.78 is 5.84. The predicted molar refractivity (Wildman–Crippen MR) is 113 cm³/mol. The van der Waals surface area contributed by atoms with E-state index in [4.69, 9.17) is 16.3 Å². The van der Waals surface area contributed by atoms with Crippen LogP contribution in [0, 0.1) is 0 Å². The maximum atomic E-state index is 13.1. The van der Waals surface area contributed by atoms with Crippen LogP contribution < -0.4 is 0 Å². The highest BCUT2D eigenvalue weighted by atomic mass is 35.5.